The van der Waals surface area contributed by atoms with Gasteiger partial charge in [-0.05, 0) is 30.2 Å². The maximum atomic E-state index is 12.3. The third-order valence-electron chi connectivity index (χ3n) is 3.44. The molecule has 2 aromatic carbocycles. The maximum absolute atomic E-state index is 12.3. The fourth-order valence-corrected chi connectivity index (χ4v) is 2.62. The van der Waals surface area contributed by atoms with E-state index in [4.69, 9.17) is 11.6 Å². The molecule has 94 valence electrons. The van der Waals surface area contributed by atoms with Gasteiger partial charge in [0, 0.05) is 22.6 Å². The van der Waals surface area contributed by atoms with Crippen LogP contribution in [0.2, 0.25) is 5.02 Å². The molecule has 2 aromatic rings. The Morgan fingerprint density at radius 3 is 2.53 bits per heavy atom. The highest BCUT2D eigenvalue weighted by molar-refractivity contribution is 6.33. The first kappa shape index (κ1) is 12.2. The van der Waals surface area contributed by atoms with E-state index in [0.717, 1.165) is 22.3 Å². The van der Waals surface area contributed by atoms with Gasteiger partial charge >= 0.3 is 0 Å². The average molecular weight is 269 g/mol. The number of carbonyl (C=O) groups is 1. The van der Waals surface area contributed by atoms with E-state index in [1.54, 1.807) is 0 Å². The molecule has 0 aliphatic heterocycles. The summed E-state index contributed by atoms with van der Waals surface area (Å²) in [6.45, 7) is 2.05. The summed E-state index contributed by atoms with van der Waals surface area (Å²) >= 11 is 6.14. The summed E-state index contributed by atoms with van der Waals surface area (Å²) in [6.07, 6.45) is 2.58. The molecule has 19 heavy (non-hydrogen) atoms. The molecule has 1 aliphatic carbocycles. The minimum absolute atomic E-state index is 0.0954. The minimum Gasteiger partial charge on any atom is -0.289 e. The average Bonchev–Trinajstić information content (AvgIpc) is 2.72. The zero-order chi connectivity index (χ0) is 13.4. The molecule has 2 heteroatoms. The molecule has 0 spiro atoms. The second-order valence-corrected chi connectivity index (χ2v) is 5.26. The molecule has 0 aromatic heterocycles. The molecule has 3 rings (SSSR count). The number of Topliss-reactive ketones (excluding diaryl/α,β-unsaturated/α-hetero) is 1. The van der Waals surface area contributed by atoms with Crippen molar-refractivity contribution in [2.75, 3.05) is 0 Å². The Balaban J connectivity index is 2.00. The van der Waals surface area contributed by atoms with E-state index in [-0.39, 0.29) is 5.78 Å². The van der Waals surface area contributed by atoms with Gasteiger partial charge in [0.1, 0.15) is 0 Å². The van der Waals surface area contributed by atoms with Crippen molar-refractivity contribution in [2.45, 2.75) is 13.3 Å². The van der Waals surface area contributed by atoms with Crippen LogP contribution < -0.4 is 0 Å². The van der Waals surface area contributed by atoms with Crippen molar-refractivity contribution in [1.82, 2.24) is 0 Å². The molecule has 0 saturated heterocycles. The molecule has 0 saturated carbocycles. The Labute approximate surface area is 117 Å². The van der Waals surface area contributed by atoms with Crippen LogP contribution in [-0.4, -0.2) is 5.78 Å². The molecule has 0 unspecified atom stereocenters. The second-order valence-electron chi connectivity index (χ2n) is 4.85. The minimum atomic E-state index is 0.0954. The van der Waals surface area contributed by atoms with Crippen LogP contribution in [0.15, 0.2) is 48.0 Å². The number of fused-ring (bicyclic) bond motifs is 1. The molecule has 0 atom stereocenters. The predicted octanol–water partition coefficient (Wildman–Crippen LogP) is 4.47. The third kappa shape index (κ3) is 2.22. The molecule has 0 radical (unpaired) electrons. The SMILES string of the molecule is Cc1ccc(/C=C2/Cc3c(Cl)cccc3C2=O)cc1. The van der Waals surface area contributed by atoms with Gasteiger partial charge in [-0.25, -0.2) is 0 Å². The molecular formula is C17H13ClO. The Hall–Kier alpha value is -1.86. The highest BCUT2D eigenvalue weighted by atomic mass is 35.5. The van der Waals surface area contributed by atoms with E-state index in [2.05, 4.69) is 0 Å². The topological polar surface area (TPSA) is 17.1 Å². The van der Waals surface area contributed by atoms with Crippen LogP contribution in [0.5, 0.6) is 0 Å². The summed E-state index contributed by atoms with van der Waals surface area (Å²) in [5, 5.41) is 0.679. The number of ketones is 1. The summed E-state index contributed by atoms with van der Waals surface area (Å²) in [5.41, 5.74) is 4.77. The van der Waals surface area contributed by atoms with Crippen molar-refractivity contribution < 1.29 is 4.79 Å². The van der Waals surface area contributed by atoms with Crippen LogP contribution in [0.4, 0.5) is 0 Å². The van der Waals surface area contributed by atoms with Gasteiger partial charge in [0.2, 0.25) is 0 Å². The lowest BCUT2D eigenvalue weighted by atomic mass is 10.1. The summed E-state index contributed by atoms with van der Waals surface area (Å²) < 4.78 is 0. The molecule has 1 nitrogen and oxygen atoms in total. The largest absolute Gasteiger partial charge is 0.289 e. The van der Waals surface area contributed by atoms with Crippen LogP contribution in [0.25, 0.3) is 6.08 Å². The van der Waals surface area contributed by atoms with Gasteiger partial charge in [-0.1, -0.05) is 53.6 Å². The number of benzene rings is 2. The highest BCUT2D eigenvalue weighted by Gasteiger charge is 2.26. The molecule has 0 amide bonds. The van der Waals surface area contributed by atoms with Crippen molar-refractivity contribution in [3.05, 3.63) is 75.3 Å². The van der Waals surface area contributed by atoms with Gasteiger partial charge in [0.25, 0.3) is 0 Å². The van der Waals surface area contributed by atoms with Gasteiger partial charge in [-0.3, -0.25) is 4.79 Å². The lowest BCUT2D eigenvalue weighted by molar-refractivity contribution is 0.104. The van der Waals surface area contributed by atoms with Gasteiger partial charge in [-0.15, -0.1) is 0 Å². The number of carbonyl (C=O) groups excluding carboxylic acids is 1. The van der Waals surface area contributed by atoms with E-state index in [1.807, 2.05) is 55.5 Å². The number of hydrogen-bond donors (Lipinski definition) is 0. The zero-order valence-electron chi connectivity index (χ0n) is 10.6. The standard InChI is InChI=1S/C17H13ClO/c1-11-5-7-12(8-6-11)9-13-10-15-14(17(13)19)3-2-4-16(15)18/h2-9H,10H2,1H3/b13-9-. The fourth-order valence-electron chi connectivity index (χ4n) is 2.38. The smallest absolute Gasteiger partial charge is 0.189 e. The second kappa shape index (κ2) is 4.67. The van der Waals surface area contributed by atoms with Crippen molar-refractivity contribution in [1.29, 1.82) is 0 Å². The van der Waals surface area contributed by atoms with Gasteiger partial charge in [0.05, 0.1) is 0 Å². The Kier molecular flexibility index (Phi) is 3.00. The van der Waals surface area contributed by atoms with Crippen LogP contribution in [0.1, 0.15) is 27.0 Å². The third-order valence-corrected chi connectivity index (χ3v) is 3.79. The maximum Gasteiger partial charge on any atom is 0.189 e. The van der Waals surface area contributed by atoms with E-state index < -0.39 is 0 Å². The summed E-state index contributed by atoms with van der Waals surface area (Å²) in [6, 6.07) is 13.7. The molecule has 1 aliphatic rings. The number of halogens is 1. The normalized spacial score (nSPS) is 15.9. The highest BCUT2D eigenvalue weighted by Crippen LogP contribution is 2.32. The molecule has 0 fully saturated rings. The molecular weight excluding hydrogens is 256 g/mol. The van der Waals surface area contributed by atoms with Crippen molar-refractivity contribution in [3.8, 4) is 0 Å². The van der Waals surface area contributed by atoms with Crippen LogP contribution in [-0.2, 0) is 6.42 Å². The van der Waals surface area contributed by atoms with E-state index >= 15 is 0 Å². The Bertz CT molecular complexity index is 681. The summed E-state index contributed by atoms with van der Waals surface area (Å²) in [7, 11) is 0. The summed E-state index contributed by atoms with van der Waals surface area (Å²) in [4.78, 5) is 12.3. The van der Waals surface area contributed by atoms with Crippen molar-refractivity contribution in [2.24, 2.45) is 0 Å². The first-order valence-electron chi connectivity index (χ1n) is 6.24. The van der Waals surface area contributed by atoms with Crippen LogP contribution in [0, 0.1) is 6.92 Å². The fraction of sp³-hybridized carbons (Fsp3) is 0.118. The number of hydrogen-bond acceptors (Lipinski definition) is 1. The first-order chi connectivity index (χ1) is 9.15. The van der Waals surface area contributed by atoms with Crippen LogP contribution in [0.3, 0.4) is 0 Å². The number of allylic oxidation sites excluding steroid dienone is 1. The Morgan fingerprint density at radius 1 is 1.11 bits per heavy atom. The van der Waals surface area contributed by atoms with E-state index in [9.17, 15) is 4.79 Å². The van der Waals surface area contributed by atoms with Gasteiger partial charge in [0.15, 0.2) is 5.78 Å². The van der Waals surface area contributed by atoms with Crippen molar-refractivity contribution >= 4 is 23.5 Å². The van der Waals surface area contributed by atoms with Crippen molar-refractivity contribution in [3.63, 3.8) is 0 Å². The van der Waals surface area contributed by atoms with Gasteiger partial charge in [-0.2, -0.15) is 0 Å². The Morgan fingerprint density at radius 2 is 1.84 bits per heavy atom. The molecule has 0 N–H and O–H groups in total. The monoisotopic (exact) mass is 268 g/mol. The lowest BCUT2D eigenvalue weighted by Crippen LogP contribution is -1.94. The molecule has 0 heterocycles. The predicted molar refractivity (Wildman–Crippen MR) is 78.6 cm³/mol. The zero-order valence-corrected chi connectivity index (χ0v) is 11.4. The molecule has 0 bridgehead atoms. The number of rotatable bonds is 1. The quantitative estimate of drug-likeness (QED) is 0.698. The first-order valence-corrected chi connectivity index (χ1v) is 6.62. The van der Waals surface area contributed by atoms with E-state index in [0.29, 0.717) is 11.4 Å². The summed E-state index contributed by atoms with van der Waals surface area (Å²) in [5.74, 6) is 0.0954. The van der Waals surface area contributed by atoms with E-state index in [1.165, 1.54) is 5.56 Å². The van der Waals surface area contributed by atoms with Crippen LogP contribution >= 0.6 is 11.6 Å². The van der Waals surface area contributed by atoms with Gasteiger partial charge < -0.3 is 0 Å². The lowest BCUT2D eigenvalue weighted by Gasteiger charge is -1.98. The number of aryl methyl sites for hydroxylation is 1.